The SMILES string of the molecule is CSc1nc2cc(C(F)(F)F)ccc2o1. The van der Waals surface area contributed by atoms with Crippen molar-refractivity contribution < 1.29 is 17.6 Å². The van der Waals surface area contributed by atoms with Crippen LogP contribution in [-0.4, -0.2) is 11.2 Å². The van der Waals surface area contributed by atoms with Gasteiger partial charge in [0.2, 0.25) is 0 Å². The van der Waals surface area contributed by atoms with E-state index in [1.807, 2.05) is 0 Å². The van der Waals surface area contributed by atoms with Gasteiger partial charge in [-0.3, -0.25) is 0 Å². The molecule has 2 rings (SSSR count). The van der Waals surface area contributed by atoms with Gasteiger partial charge < -0.3 is 4.42 Å². The van der Waals surface area contributed by atoms with Crippen molar-refractivity contribution in [2.24, 2.45) is 0 Å². The predicted molar refractivity (Wildman–Crippen MR) is 50.8 cm³/mol. The monoisotopic (exact) mass is 233 g/mol. The zero-order valence-corrected chi connectivity index (χ0v) is 8.45. The fourth-order valence-electron chi connectivity index (χ4n) is 1.17. The Balaban J connectivity index is 2.55. The van der Waals surface area contributed by atoms with Crippen LogP contribution in [0.15, 0.2) is 27.8 Å². The summed E-state index contributed by atoms with van der Waals surface area (Å²) >= 11 is 1.25. The number of rotatable bonds is 1. The maximum absolute atomic E-state index is 12.3. The second-order valence-electron chi connectivity index (χ2n) is 2.86. The van der Waals surface area contributed by atoms with E-state index in [0.29, 0.717) is 10.8 Å². The molecular formula is C9H6F3NOS. The minimum absolute atomic E-state index is 0.231. The van der Waals surface area contributed by atoms with Crippen molar-refractivity contribution in [1.82, 2.24) is 4.98 Å². The average molecular weight is 233 g/mol. The van der Waals surface area contributed by atoms with Crippen molar-refractivity contribution in [3.63, 3.8) is 0 Å². The quantitative estimate of drug-likeness (QED) is 0.704. The third-order valence-electron chi connectivity index (χ3n) is 1.87. The van der Waals surface area contributed by atoms with Gasteiger partial charge in [0.25, 0.3) is 5.22 Å². The molecule has 0 atom stereocenters. The molecule has 2 nitrogen and oxygen atoms in total. The van der Waals surface area contributed by atoms with Gasteiger partial charge >= 0.3 is 6.18 Å². The largest absolute Gasteiger partial charge is 0.431 e. The number of oxazole rings is 1. The van der Waals surface area contributed by atoms with Gasteiger partial charge in [-0.25, -0.2) is 4.98 Å². The van der Waals surface area contributed by atoms with E-state index in [1.54, 1.807) is 6.26 Å². The minimum atomic E-state index is -4.34. The number of fused-ring (bicyclic) bond motifs is 1. The fourth-order valence-corrected chi connectivity index (χ4v) is 1.53. The normalized spacial score (nSPS) is 12.3. The van der Waals surface area contributed by atoms with Gasteiger partial charge in [0.15, 0.2) is 5.58 Å². The number of alkyl halides is 3. The van der Waals surface area contributed by atoms with E-state index in [1.165, 1.54) is 17.8 Å². The Morgan fingerprint density at radius 2 is 2.07 bits per heavy atom. The van der Waals surface area contributed by atoms with Crippen LogP contribution >= 0.6 is 11.8 Å². The van der Waals surface area contributed by atoms with E-state index < -0.39 is 11.7 Å². The van der Waals surface area contributed by atoms with E-state index >= 15 is 0 Å². The lowest BCUT2D eigenvalue weighted by atomic mass is 10.2. The first-order chi connectivity index (χ1) is 7.00. The summed E-state index contributed by atoms with van der Waals surface area (Å²) < 4.78 is 42.2. The Morgan fingerprint density at radius 1 is 1.33 bits per heavy atom. The third-order valence-corrected chi connectivity index (χ3v) is 2.39. The predicted octanol–water partition coefficient (Wildman–Crippen LogP) is 3.57. The van der Waals surface area contributed by atoms with Gasteiger partial charge in [-0.05, 0) is 24.5 Å². The van der Waals surface area contributed by atoms with Crippen LogP contribution in [0.1, 0.15) is 5.56 Å². The number of nitrogens with zero attached hydrogens (tertiary/aromatic N) is 1. The summed E-state index contributed by atoms with van der Waals surface area (Å²) in [6.07, 6.45) is -2.60. The smallest absolute Gasteiger partial charge is 0.416 e. The number of benzene rings is 1. The molecule has 0 bridgehead atoms. The van der Waals surface area contributed by atoms with E-state index in [4.69, 9.17) is 4.42 Å². The van der Waals surface area contributed by atoms with Gasteiger partial charge in [-0.15, -0.1) is 0 Å². The number of thioether (sulfide) groups is 1. The molecule has 0 aliphatic rings. The Bertz CT molecular complexity index is 492. The minimum Gasteiger partial charge on any atom is -0.431 e. The summed E-state index contributed by atoms with van der Waals surface area (Å²) in [5, 5.41) is 0.365. The third kappa shape index (κ3) is 1.94. The number of aromatic nitrogens is 1. The average Bonchev–Trinajstić information content (AvgIpc) is 2.57. The van der Waals surface area contributed by atoms with E-state index in [0.717, 1.165) is 12.1 Å². The fraction of sp³-hybridized carbons (Fsp3) is 0.222. The van der Waals surface area contributed by atoms with Crippen molar-refractivity contribution in [3.05, 3.63) is 23.8 Å². The maximum atomic E-state index is 12.3. The number of halogens is 3. The van der Waals surface area contributed by atoms with Crippen LogP contribution in [-0.2, 0) is 6.18 Å². The van der Waals surface area contributed by atoms with Crippen molar-refractivity contribution in [2.75, 3.05) is 6.26 Å². The molecule has 0 radical (unpaired) electrons. The Labute approximate surface area is 87.5 Å². The summed E-state index contributed by atoms with van der Waals surface area (Å²) in [5.41, 5.74) is -0.113. The highest BCUT2D eigenvalue weighted by Gasteiger charge is 2.30. The molecule has 0 saturated heterocycles. The van der Waals surface area contributed by atoms with Crippen LogP contribution in [0.2, 0.25) is 0 Å². The van der Waals surface area contributed by atoms with Crippen LogP contribution in [0.25, 0.3) is 11.1 Å². The molecule has 1 heterocycles. The highest BCUT2D eigenvalue weighted by molar-refractivity contribution is 7.98. The van der Waals surface area contributed by atoms with E-state index in [-0.39, 0.29) is 5.52 Å². The molecule has 1 aromatic heterocycles. The van der Waals surface area contributed by atoms with E-state index in [9.17, 15) is 13.2 Å². The van der Waals surface area contributed by atoms with Gasteiger partial charge in [-0.1, -0.05) is 11.8 Å². The molecule has 0 amide bonds. The summed E-state index contributed by atoms with van der Waals surface area (Å²) in [6, 6.07) is 3.25. The molecule has 0 saturated carbocycles. The summed E-state index contributed by atoms with van der Waals surface area (Å²) in [5.74, 6) is 0. The zero-order chi connectivity index (χ0) is 11.1. The molecule has 6 heteroatoms. The molecule has 15 heavy (non-hydrogen) atoms. The maximum Gasteiger partial charge on any atom is 0.416 e. The molecule has 0 fully saturated rings. The highest BCUT2D eigenvalue weighted by Crippen LogP contribution is 2.32. The molecule has 0 N–H and O–H groups in total. The second-order valence-corrected chi connectivity index (χ2v) is 3.62. The zero-order valence-electron chi connectivity index (χ0n) is 7.63. The van der Waals surface area contributed by atoms with Gasteiger partial charge in [0.1, 0.15) is 5.52 Å². The molecular weight excluding hydrogens is 227 g/mol. The molecule has 1 aromatic carbocycles. The molecule has 0 aliphatic carbocycles. The Kier molecular flexibility index (Phi) is 2.38. The first-order valence-corrected chi connectivity index (χ1v) is 5.25. The van der Waals surface area contributed by atoms with E-state index in [2.05, 4.69) is 4.98 Å². The van der Waals surface area contributed by atoms with Crippen LogP contribution < -0.4 is 0 Å². The standard InChI is InChI=1S/C9H6F3NOS/c1-15-8-13-6-4-5(9(10,11)12)2-3-7(6)14-8/h2-4H,1H3. The van der Waals surface area contributed by atoms with Crippen molar-refractivity contribution in [3.8, 4) is 0 Å². The molecule has 0 aliphatic heterocycles. The summed E-state index contributed by atoms with van der Waals surface area (Å²) in [6.45, 7) is 0. The van der Waals surface area contributed by atoms with Crippen molar-refractivity contribution >= 4 is 22.9 Å². The van der Waals surface area contributed by atoms with Crippen LogP contribution in [0.3, 0.4) is 0 Å². The van der Waals surface area contributed by atoms with Gasteiger partial charge in [-0.2, -0.15) is 13.2 Å². The molecule has 0 spiro atoms. The van der Waals surface area contributed by atoms with Crippen LogP contribution in [0.4, 0.5) is 13.2 Å². The lowest BCUT2D eigenvalue weighted by Gasteiger charge is -2.04. The van der Waals surface area contributed by atoms with Gasteiger partial charge in [0.05, 0.1) is 5.56 Å². The van der Waals surface area contributed by atoms with Crippen molar-refractivity contribution in [1.29, 1.82) is 0 Å². The lowest BCUT2D eigenvalue weighted by Crippen LogP contribution is -2.03. The van der Waals surface area contributed by atoms with Crippen LogP contribution in [0.5, 0.6) is 0 Å². The molecule has 80 valence electrons. The van der Waals surface area contributed by atoms with Crippen LogP contribution in [0, 0.1) is 0 Å². The van der Waals surface area contributed by atoms with Gasteiger partial charge in [0, 0.05) is 0 Å². The first-order valence-electron chi connectivity index (χ1n) is 4.02. The second kappa shape index (κ2) is 3.44. The van der Waals surface area contributed by atoms with Crippen molar-refractivity contribution in [2.45, 2.75) is 11.4 Å². The summed E-state index contributed by atoms with van der Waals surface area (Å²) in [7, 11) is 0. The topological polar surface area (TPSA) is 26.0 Å². The lowest BCUT2D eigenvalue weighted by molar-refractivity contribution is -0.137. The number of hydrogen-bond acceptors (Lipinski definition) is 3. The summed E-state index contributed by atoms with van der Waals surface area (Å²) in [4.78, 5) is 3.90. The Morgan fingerprint density at radius 3 is 2.67 bits per heavy atom. The first kappa shape index (κ1) is 10.4. The highest BCUT2D eigenvalue weighted by atomic mass is 32.2. The Hall–Kier alpha value is -1.17. The molecule has 0 unspecified atom stereocenters. The molecule has 2 aromatic rings. The number of hydrogen-bond donors (Lipinski definition) is 0.